The summed E-state index contributed by atoms with van der Waals surface area (Å²) in [5.41, 5.74) is 0.892. The van der Waals surface area contributed by atoms with E-state index in [1.54, 1.807) is 12.1 Å². The number of hydrogen-bond donors (Lipinski definition) is 4. The first-order valence-electron chi connectivity index (χ1n) is 8.01. The molecule has 1 aliphatic heterocycles. The molecule has 0 saturated carbocycles. The number of aryl methyl sites for hydroxylation is 1. The lowest BCUT2D eigenvalue weighted by Crippen LogP contribution is -2.66. The molecule has 0 spiro atoms. The predicted octanol–water partition coefficient (Wildman–Crippen LogP) is -1.09. The molecule has 0 aliphatic carbocycles. The van der Waals surface area contributed by atoms with Gasteiger partial charge >= 0.3 is 0 Å². The van der Waals surface area contributed by atoms with E-state index < -0.39 is 53.5 Å². The van der Waals surface area contributed by atoms with E-state index >= 15 is 0 Å². The maximum Gasteiger partial charge on any atom is 0.296 e. The number of benzene rings is 1. The van der Waals surface area contributed by atoms with Crippen LogP contribution in [0.4, 0.5) is 0 Å². The zero-order chi connectivity index (χ0) is 19.5. The molecule has 1 aromatic rings. The standard InChI is InChI=1S/C16H24O9S/c1-10-3-5-11(6-4-10)26(21,22)24-8-7-16(23-2)15(20)14(19)13(18)12(9-17)25-16/h3-6,12-15,17-20H,7-9H2,1-2H3. The third kappa shape index (κ3) is 4.24. The number of methoxy groups -OCH3 is 1. The normalized spacial score (nSPS) is 32.5. The largest absolute Gasteiger partial charge is 0.394 e. The molecule has 1 aliphatic rings. The van der Waals surface area contributed by atoms with E-state index in [0.717, 1.165) is 5.56 Å². The van der Waals surface area contributed by atoms with Gasteiger partial charge in [0.05, 0.1) is 18.1 Å². The summed E-state index contributed by atoms with van der Waals surface area (Å²) in [7, 11) is -2.84. The summed E-state index contributed by atoms with van der Waals surface area (Å²) in [6.07, 6.45) is -6.31. The van der Waals surface area contributed by atoms with Crippen molar-refractivity contribution >= 4 is 10.1 Å². The molecular weight excluding hydrogens is 368 g/mol. The Morgan fingerprint density at radius 2 is 1.77 bits per heavy atom. The van der Waals surface area contributed by atoms with E-state index in [0.29, 0.717) is 0 Å². The molecule has 5 atom stereocenters. The van der Waals surface area contributed by atoms with Crippen LogP contribution < -0.4 is 0 Å². The van der Waals surface area contributed by atoms with Gasteiger partial charge in [-0.05, 0) is 19.1 Å². The first kappa shape index (κ1) is 21.2. The molecule has 5 unspecified atom stereocenters. The van der Waals surface area contributed by atoms with Crippen molar-refractivity contribution in [3.05, 3.63) is 29.8 Å². The number of aliphatic hydroxyl groups excluding tert-OH is 4. The van der Waals surface area contributed by atoms with Crippen molar-refractivity contribution in [3.8, 4) is 0 Å². The van der Waals surface area contributed by atoms with Gasteiger partial charge in [0, 0.05) is 13.5 Å². The molecule has 4 N–H and O–H groups in total. The van der Waals surface area contributed by atoms with Crippen LogP contribution in [0.15, 0.2) is 29.2 Å². The van der Waals surface area contributed by atoms with Gasteiger partial charge in [0.25, 0.3) is 10.1 Å². The molecule has 26 heavy (non-hydrogen) atoms. The number of aliphatic hydroxyl groups is 4. The highest BCUT2D eigenvalue weighted by Crippen LogP contribution is 2.33. The van der Waals surface area contributed by atoms with Crippen LogP contribution in [0.2, 0.25) is 0 Å². The van der Waals surface area contributed by atoms with Crippen LogP contribution in [-0.2, 0) is 23.8 Å². The highest BCUT2D eigenvalue weighted by molar-refractivity contribution is 7.86. The molecule has 1 heterocycles. The Hall–Kier alpha value is -1.11. The lowest BCUT2D eigenvalue weighted by atomic mass is 9.91. The minimum absolute atomic E-state index is 0.0247. The monoisotopic (exact) mass is 392 g/mol. The van der Waals surface area contributed by atoms with E-state index in [-0.39, 0.29) is 11.3 Å². The maximum atomic E-state index is 12.2. The second-order valence-electron chi connectivity index (χ2n) is 6.12. The van der Waals surface area contributed by atoms with Gasteiger partial charge in [0.2, 0.25) is 0 Å². The Balaban J connectivity index is 2.09. The first-order chi connectivity index (χ1) is 12.2. The van der Waals surface area contributed by atoms with Gasteiger partial charge < -0.3 is 29.9 Å². The van der Waals surface area contributed by atoms with Crippen molar-refractivity contribution in [2.45, 2.75) is 48.4 Å². The molecule has 0 bridgehead atoms. The molecule has 9 nitrogen and oxygen atoms in total. The predicted molar refractivity (Wildman–Crippen MR) is 88.7 cm³/mol. The summed E-state index contributed by atoms with van der Waals surface area (Å²) >= 11 is 0. The second-order valence-corrected chi connectivity index (χ2v) is 7.74. The Morgan fingerprint density at radius 1 is 1.15 bits per heavy atom. The van der Waals surface area contributed by atoms with Gasteiger partial charge in [-0.3, -0.25) is 4.18 Å². The Morgan fingerprint density at radius 3 is 2.31 bits per heavy atom. The molecular formula is C16H24O9S. The van der Waals surface area contributed by atoms with E-state index in [9.17, 15) is 28.8 Å². The van der Waals surface area contributed by atoms with Gasteiger partial charge in [-0.25, -0.2) is 0 Å². The molecule has 148 valence electrons. The number of rotatable bonds is 7. The van der Waals surface area contributed by atoms with Gasteiger partial charge in [-0.2, -0.15) is 8.42 Å². The van der Waals surface area contributed by atoms with Gasteiger partial charge in [-0.15, -0.1) is 0 Å². The molecule has 1 aromatic carbocycles. The maximum absolute atomic E-state index is 12.2. The van der Waals surface area contributed by atoms with Crippen LogP contribution >= 0.6 is 0 Å². The van der Waals surface area contributed by atoms with E-state index in [1.807, 2.05) is 6.92 Å². The van der Waals surface area contributed by atoms with Crippen LogP contribution in [0.5, 0.6) is 0 Å². The van der Waals surface area contributed by atoms with E-state index in [1.165, 1.54) is 19.2 Å². The lowest BCUT2D eigenvalue weighted by Gasteiger charge is -2.47. The minimum Gasteiger partial charge on any atom is -0.394 e. The summed E-state index contributed by atoms with van der Waals surface area (Å²) in [6, 6.07) is 6.07. The Labute approximate surface area is 151 Å². The van der Waals surface area contributed by atoms with Gasteiger partial charge in [0.15, 0.2) is 5.79 Å². The van der Waals surface area contributed by atoms with Gasteiger partial charge in [0.1, 0.15) is 24.4 Å². The first-order valence-corrected chi connectivity index (χ1v) is 9.42. The van der Waals surface area contributed by atoms with Gasteiger partial charge in [-0.1, -0.05) is 17.7 Å². The minimum atomic E-state index is -4.03. The van der Waals surface area contributed by atoms with Crippen LogP contribution in [0.25, 0.3) is 0 Å². The van der Waals surface area contributed by atoms with Crippen molar-refractivity contribution in [1.82, 2.24) is 0 Å². The summed E-state index contributed by atoms with van der Waals surface area (Å²) in [4.78, 5) is -0.0247. The molecule has 1 saturated heterocycles. The molecule has 0 aromatic heterocycles. The molecule has 0 amide bonds. The summed E-state index contributed by atoms with van der Waals surface area (Å²) in [5, 5.41) is 39.2. The van der Waals surface area contributed by atoms with Crippen molar-refractivity contribution < 1.29 is 42.5 Å². The molecule has 10 heteroatoms. The molecule has 0 radical (unpaired) electrons. The number of ether oxygens (including phenoxy) is 2. The third-order valence-electron chi connectivity index (χ3n) is 4.38. The van der Waals surface area contributed by atoms with Crippen molar-refractivity contribution in [3.63, 3.8) is 0 Å². The van der Waals surface area contributed by atoms with E-state index in [2.05, 4.69) is 0 Å². The van der Waals surface area contributed by atoms with Crippen LogP contribution in [0, 0.1) is 6.92 Å². The average molecular weight is 392 g/mol. The molecule has 2 rings (SSSR count). The third-order valence-corrected chi connectivity index (χ3v) is 5.71. The number of hydrogen-bond acceptors (Lipinski definition) is 9. The fourth-order valence-corrected chi connectivity index (χ4v) is 3.66. The smallest absolute Gasteiger partial charge is 0.296 e. The van der Waals surface area contributed by atoms with Crippen molar-refractivity contribution in [2.75, 3.05) is 20.3 Å². The van der Waals surface area contributed by atoms with E-state index in [4.69, 9.17) is 13.7 Å². The SMILES string of the molecule is COC1(CCOS(=O)(=O)c2ccc(C)cc2)OC(CO)C(O)C(O)C1O. The second kappa shape index (κ2) is 8.28. The lowest BCUT2D eigenvalue weighted by molar-refractivity contribution is -0.360. The average Bonchev–Trinajstić information content (AvgIpc) is 2.62. The Bertz CT molecular complexity index is 688. The van der Waals surface area contributed by atoms with Crippen molar-refractivity contribution in [2.24, 2.45) is 0 Å². The summed E-state index contributed by atoms with van der Waals surface area (Å²) in [6.45, 7) is 0.777. The Kier molecular flexibility index (Phi) is 6.75. The molecule has 1 fully saturated rings. The highest BCUT2D eigenvalue weighted by atomic mass is 32.2. The quantitative estimate of drug-likeness (QED) is 0.426. The fraction of sp³-hybridized carbons (Fsp3) is 0.625. The topological polar surface area (TPSA) is 143 Å². The summed E-state index contributed by atoms with van der Waals surface area (Å²) < 4.78 is 39.9. The zero-order valence-electron chi connectivity index (χ0n) is 14.5. The van der Waals surface area contributed by atoms with Crippen molar-refractivity contribution in [1.29, 1.82) is 0 Å². The zero-order valence-corrected chi connectivity index (χ0v) is 15.3. The fourth-order valence-electron chi connectivity index (χ4n) is 2.75. The van der Waals surface area contributed by atoms with Crippen LogP contribution in [-0.4, -0.2) is 79.4 Å². The van der Waals surface area contributed by atoms with Crippen LogP contribution in [0.1, 0.15) is 12.0 Å². The van der Waals surface area contributed by atoms with Crippen LogP contribution in [0.3, 0.4) is 0 Å². The highest BCUT2D eigenvalue weighted by Gasteiger charge is 2.53. The summed E-state index contributed by atoms with van der Waals surface area (Å²) in [5.74, 6) is -1.84.